The fourth-order valence-corrected chi connectivity index (χ4v) is 2.47. The Kier molecular flexibility index (Phi) is 4.71. The summed E-state index contributed by atoms with van der Waals surface area (Å²) in [6.45, 7) is 0.452. The first-order valence-electron chi connectivity index (χ1n) is 7.05. The normalized spacial score (nSPS) is 10.6. The van der Waals surface area contributed by atoms with Gasteiger partial charge in [0.25, 0.3) is 5.91 Å². The van der Waals surface area contributed by atoms with Crippen molar-refractivity contribution in [1.29, 1.82) is 0 Å². The van der Waals surface area contributed by atoms with Crippen LogP contribution in [0.4, 0.5) is 14.6 Å². The molecule has 1 heterocycles. The van der Waals surface area contributed by atoms with Crippen molar-refractivity contribution in [3.63, 3.8) is 0 Å². The maximum atomic E-state index is 13.2. The van der Waals surface area contributed by atoms with Crippen LogP contribution in [0.1, 0.15) is 15.9 Å². The van der Waals surface area contributed by atoms with Crippen LogP contribution in [0.15, 0.2) is 59.2 Å². The van der Waals surface area contributed by atoms with Crippen LogP contribution in [0.5, 0.6) is 0 Å². The Morgan fingerprint density at radius 2 is 1.75 bits per heavy atom. The Morgan fingerprint density at radius 1 is 1.08 bits per heavy atom. The lowest BCUT2D eigenvalue weighted by Crippen LogP contribution is -2.16. The molecule has 1 amide bonds. The number of hydrogen-bond acceptors (Lipinski definition) is 2. The van der Waals surface area contributed by atoms with Gasteiger partial charge in [0.2, 0.25) is 0 Å². The molecule has 0 saturated carbocycles. The van der Waals surface area contributed by atoms with Crippen LogP contribution in [0.3, 0.4) is 0 Å². The van der Waals surface area contributed by atoms with E-state index in [4.69, 9.17) is 0 Å². The molecule has 1 N–H and O–H groups in total. The molecule has 0 fully saturated rings. The largest absolute Gasteiger partial charge is 0.307 e. The highest BCUT2D eigenvalue weighted by Crippen LogP contribution is 2.15. The molecule has 122 valence electrons. The van der Waals surface area contributed by atoms with E-state index in [1.54, 1.807) is 16.9 Å². The first-order chi connectivity index (χ1) is 11.5. The first kappa shape index (κ1) is 16.3. The van der Waals surface area contributed by atoms with Crippen molar-refractivity contribution in [2.24, 2.45) is 0 Å². The summed E-state index contributed by atoms with van der Waals surface area (Å²) in [5.74, 6) is -1.77. The number of nitrogens with one attached hydrogen (secondary N) is 1. The second-order valence-corrected chi connectivity index (χ2v) is 6.03. The minimum Gasteiger partial charge on any atom is -0.307 e. The summed E-state index contributed by atoms with van der Waals surface area (Å²) in [7, 11) is 0. The Hall–Kier alpha value is -2.54. The van der Waals surface area contributed by atoms with E-state index >= 15 is 0 Å². The van der Waals surface area contributed by atoms with Crippen molar-refractivity contribution in [2.75, 3.05) is 5.32 Å². The monoisotopic (exact) mass is 391 g/mol. The molecule has 0 radical (unpaired) electrons. The zero-order valence-electron chi connectivity index (χ0n) is 12.3. The number of amides is 1. The van der Waals surface area contributed by atoms with Gasteiger partial charge in [-0.25, -0.2) is 13.5 Å². The first-order valence-corrected chi connectivity index (χ1v) is 7.84. The van der Waals surface area contributed by atoms with Crippen LogP contribution in [-0.2, 0) is 6.54 Å². The smallest absolute Gasteiger partial charge is 0.257 e. The van der Waals surface area contributed by atoms with Gasteiger partial charge in [-0.3, -0.25) is 4.79 Å². The molecule has 0 unspecified atom stereocenters. The molecule has 0 spiro atoms. The van der Waals surface area contributed by atoms with E-state index in [1.807, 2.05) is 24.3 Å². The topological polar surface area (TPSA) is 46.9 Å². The van der Waals surface area contributed by atoms with Crippen molar-refractivity contribution in [2.45, 2.75) is 6.54 Å². The van der Waals surface area contributed by atoms with Gasteiger partial charge in [0.05, 0.1) is 12.7 Å². The van der Waals surface area contributed by atoms with Gasteiger partial charge in [-0.15, -0.1) is 0 Å². The molecular formula is C17H12BrF2N3O. The molecule has 0 atom stereocenters. The SMILES string of the molecule is O=C(Nc1ccnn1Cc1ccc(Br)cc1)c1cc(F)cc(F)c1. The van der Waals surface area contributed by atoms with Gasteiger partial charge in [-0.2, -0.15) is 5.10 Å². The minimum atomic E-state index is -0.802. The summed E-state index contributed by atoms with van der Waals surface area (Å²) in [5.41, 5.74) is 0.901. The van der Waals surface area contributed by atoms with Gasteiger partial charge >= 0.3 is 0 Å². The van der Waals surface area contributed by atoms with Crippen LogP contribution in [0.2, 0.25) is 0 Å². The fourth-order valence-electron chi connectivity index (χ4n) is 2.20. The Bertz CT molecular complexity index is 858. The van der Waals surface area contributed by atoms with Gasteiger partial charge in [0, 0.05) is 22.2 Å². The Morgan fingerprint density at radius 3 is 2.42 bits per heavy atom. The molecule has 3 rings (SSSR count). The van der Waals surface area contributed by atoms with Crippen LogP contribution < -0.4 is 5.32 Å². The maximum Gasteiger partial charge on any atom is 0.257 e. The number of benzene rings is 2. The van der Waals surface area contributed by atoms with Gasteiger partial charge in [0.15, 0.2) is 0 Å². The molecule has 2 aromatic carbocycles. The number of carbonyl (C=O) groups is 1. The Balaban J connectivity index is 1.77. The maximum absolute atomic E-state index is 13.2. The van der Waals surface area contributed by atoms with Crippen LogP contribution in [0, 0.1) is 11.6 Å². The van der Waals surface area contributed by atoms with E-state index in [0.717, 1.165) is 22.2 Å². The zero-order valence-corrected chi connectivity index (χ0v) is 13.9. The average Bonchev–Trinajstić information content (AvgIpc) is 2.95. The highest BCUT2D eigenvalue weighted by molar-refractivity contribution is 9.10. The molecule has 0 aliphatic rings. The molecule has 7 heteroatoms. The van der Waals surface area contributed by atoms with E-state index < -0.39 is 17.5 Å². The molecule has 0 saturated heterocycles. The molecular weight excluding hydrogens is 380 g/mol. The van der Waals surface area contributed by atoms with E-state index in [-0.39, 0.29) is 5.56 Å². The van der Waals surface area contributed by atoms with Crippen LogP contribution in [0.25, 0.3) is 0 Å². The standard InChI is InChI=1S/C17H12BrF2N3O/c18-13-3-1-11(2-4-13)10-23-16(5-6-21-23)22-17(24)12-7-14(19)9-15(20)8-12/h1-9H,10H2,(H,22,24). The van der Waals surface area contributed by atoms with Crippen molar-refractivity contribution < 1.29 is 13.6 Å². The molecule has 0 aliphatic heterocycles. The Labute approximate surface area is 145 Å². The number of carbonyl (C=O) groups excluding carboxylic acids is 1. The van der Waals surface area contributed by atoms with Gasteiger partial charge in [-0.1, -0.05) is 28.1 Å². The number of rotatable bonds is 4. The van der Waals surface area contributed by atoms with Crippen molar-refractivity contribution in [3.8, 4) is 0 Å². The molecule has 3 aromatic rings. The number of halogens is 3. The lowest BCUT2D eigenvalue weighted by molar-refractivity contribution is 0.102. The summed E-state index contributed by atoms with van der Waals surface area (Å²) in [4.78, 5) is 12.2. The predicted molar refractivity (Wildman–Crippen MR) is 89.8 cm³/mol. The zero-order chi connectivity index (χ0) is 17.1. The van der Waals surface area contributed by atoms with Crippen LogP contribution >= 0.6 is 15.9 Å². The van der Waals surface area contributed by atoms with Gasteiger partial charge < -0.3 is 5.32 Å². The third-order valence-electron chi connectivity index (χ3n) is 3.33. The number of anilines is 1. The summed E-state index contributed by atoms with van der Waals surface area (Å²) in [6, 6.07) is 12.0. The van der Waals surface area contributed by atoms with E-state index in [1.165, 1.54) is 0 Å². The van der Waals surface area contributed by atoms with E-state index in [9.17, 15) is 13.6 Å². The summed E-state index contributed by atoms with van der Waals surface area (Å²) >= 11 is 3.37. The fraction of sp³-hybridized carbons (Fsp3) is 0.0588. The lowest BCUT2D eigenvalue weighted by Gasteiger charge is -2.09. The lowest BCUT2D eigenvalue weighted by atomic mass is 10.2. The molecule has 24 heavy (non-hydrogen) atoms. The minimum absolute atomic E-state index is 0.0936. The average molecular weight is 392 g/mol. The number of aromatic nitrogens is 2. The van der Waals surface area contributed by atoms with E-state index in [0.29, 0.717) is 18.4 Å². The quantitative estimate of drug-likeness (QED) is 0.723. The van der Waals surface area contributed by atoms with E-state index in [2.05, 4.69) is 26.3 Å². The second kappa shape index (κ2) is 6.92. The third-order valence-corrected chi connectivity index (χ3v) is 3.86. The van der Waals surface area contributed by atoms with Crippen molar-refractivity contribution in [3.05, 3.63) is 82.0 Å². The number of hydrogen-bond donors (Lipinski definition) is 1. The third kappa shape index (κ3) is 3.86. The molecule has 4 nitrogen and oxygen atoms in total. The van der Waals surface area contributed by atoms with Gasteiger partial charge in [0.1, 0.15) is 17.5 Å². The second-order valence-electron chi connectivity index (χ2n) is 5.11. The summed E-state index contributed by atoms with van der Waals surface area (Å²) in [5, 5.41) is 6.77. The molecule has 0 bridgehead atoms. The predicted octanol–water partition coefficient (Wildman–Crippen LogP) is 4.22. The number of nitrogens with zero attached hydrogens (tertiary/aromatic N) is 2. The van der Waals surface area contributed by atoms with Crippen LogP contribution in [-0.4, -0.2) is 15.7 Å². The summed E-state index contributed by atoms with van der Waals surface area (Å²) in [6.07, 6.45) is 1.54. The highest BCUT2D eigenvalue weighted by atomic mass is 79.9. The molecule has 0 aliphatic carbocycles. The van der Waals surface area contributed by atoms with Gasteiger partial charge in [-0.05, 0) is 29.8 Å². The highest BCUT2D eigenvalue weighted by Gasteiger charge is 2.12. The van der Waals surface area contributed by atoms with Crippen molar-refractivity contribution in [1.82, 2.24) is 9.78 Å². The molecule has 1 aromatic heterocycles. The van der Waals surface area contributed by atoms with Crippen molar-refractivity contribution >= 4 is 27.7 Å². The summed E-state index contributed by atoms with van der Waals surface area (Å²) < 4.78 is 29.0.